The molecule has 7 heteroatoms. The van der Waals surface area contributed by atoms with Gasteiger partial charge in [-0.3, -0.25) is 14.9 Å². The van der Waals surface area contributed by atoms with E-state index in [9.17, 15) is 14.9 Å². The number of nitro benzene ring substituents is 1. The van der Waals surface area contributed by atoms with E-state index in [1.807, 2.05) is 0 Å². The van der Waals surface area contributed by atoms with E-state index in [4.69, 9.17) is 4.74 Å². The molecule has 1 N–H and O–H groups in total. The molecule has 25 heavy (non-hydrogen) atoms. The molecule has 1 aliphatic rings. The predicted molar refractivity (Wildman–Crippen MR) is 95.5 cm³/mol. The van der Waals surface area contributed by atoms with Gasteiger partial charge in [-0.15, -0.1) is 0 Å². The Bertz CT molecular complexity index is 657. The number of ether oxygens (including phenoxy) is 1. The number of nitro groups is 1. The first kappa shape index (κ1) is 18.9. The summed E-state index contributed by atoms with van der Waals surface area (Å²) in [5.41, 5.74) is 3.39. The molecule has 1 amide bonds. The number of hydrogen-bond acceptors (Lipinski definition) is 5. The van der Waals surface area contributed by atoms with Crippen LogP contribution in [-0.4, -0.2) is 23.1 Å². The highest BCUT2D eigenvalue weighted by atomic mass is 16.6. The average Bonchev–Trinajstić information content (AvgIpc) is 2.58. The quantitative estimate of drug-likeness (QED) is 0.629. The summed E-state index contributed by atoms with van der Waals surface area (Å²) in [4.78, 5) is 22.4. The number of hydrazone groups is 1. The van der Waals surface area contributed by atoms with Crippen LogP contribution in [0.3, 0.4) is 0 Å². The number of rotatable bonds is 6. The molecule has 0 unspecified atom stereocenters. The molecule has 1 aliphatic carbocycles. The van der Waals surface area contributed by atoms with Gasteiger partial charge in [-0.05, 0) is 37.2 Å². The molecule has 0 spiro atoms. The lowest BCUT2D eigenvalue weighted by Crippen LogP contribution is -2.32. The summed E-state index contributed by atoms with van der Waals surface area (Å²) in [5, 5.41) is 15.2. The van der Waals surface area contributed by atoms with Crippen molar-refractivity contribution in [1.82, 2.24) is 5.43 Å². The van der Waals surface area contributed by atoms with Crippen molar-refractivity contribution in [2.24, 2.45) is 22.9 Å². The summed E-state index contributed by atoms with van der Waals surface area (Å²) in [6.45, 7) is 6.19. The van der Waals surface area contributed by atoms with Gasteiger partial charge in [-0.1, -0.05) is 32.9 Å². The highest BCUT2D eigenvalue weighted by molar-refractivity contribution is 5.89. The Morgan fingerprint density at radius 2 is 2.12 bits per heavy atom. The van der Waals surface area contributed by atoms with Crippen molar-refractivity contribution in [1.29, 1.82) is 0 Å². The maximum absolute atomic E-state index is 12.0. The minimum Gasteiger partial charge on any atom is -0.477 e. The van der Waals surface area contributed by atoms with Crippen molar-refractivity contribution < 1.29 is 14.5 Å². The lowest BCUT2D eigenvalue weighted by molar-refractivity contribution is -0.385. The molecule has 7 nitrogen and oxygen atoms in total. The molecular weight excluding hydrogens is 322 g/mol. The van der Waals surface area contributed by atoms with Crippen molar-refractivity contribution in [3.05, 3.63) is 34.4 Å². The van der Waals surface area contributed by atoms with E-state index >= 15 is 0 Å². The van der Waals surface area contributed by atoms with Crippen LogP contribution in [-0.2, 0) is 4.79 Å². The maximum atomic E-state index is 12.0. The molecule has 2 rings (SSSR count). The van der Waals surface area contributed by atoms with Gasteiger partial charge in [0.25, 0.3) is 5.91 Å². The zero-order valence-electron chi connectivity index (χ0n) is 14.9. The van der Waals surface area contributed by atoms with Gasteiger partial charge < -0.3 is 4.74 Å². The van der Waals surface area contributed by atoms with Gasteiger partial charge >= 0.3 is 5.69 Å². The van der Waals surface area contributed by atoms with Gasteiger partial charge in [0, 0.05) is 17.7 Å². The Morgan fingerprint density at radius 1 is 1.40 bits per heavy atom. The molecular formula is C18H25N3O4. The predicted octanol–water partition coefficient (Wildman–Crippen LogP) is 3.54. The normalized spacial score (nSPS) is 22.0. The fourth-order valence-corrected chi connectivity index (χ4v) is 3.13. The van der Waals surface area contributed by atoms with Crippen molar-refractivity contribution >= 4 is 17.3 Å². The van der Waals surface area contributed by atoms with E-state index in [2.05, 4.69) is 31.3 Å². The van der Waals surface area contributed by atoms with Crippen LogP contribution < -0.4 is 10.2 Å². The number of nitrogens with zero attached hydrogens (tertiary/aromatic N) is 2. The van der Waals surface area contributed by atoms with Gasteiger partial charge in [-0.2, -0.15) is 5.10 Å². The Morgan fingerprint density at radius 3 is 2.80 bits per heavy atom. The number of carbonyl (C=O) groups excluding carboxylic acids is 1. The smallest absolute Gasteiger partial charge is 0.310 e. The molecule has 0 aliphatic heterocycles. The monoisotopic (exact) mass is 347 g/mol. The van der Waals surface area contributed by atoms with Crippen molar-refractivity contribution in [2.75, 3.05) is 6.61 Å². The minimum absolute atomic E-state index is 0.0710. The lowest BCUT2D eigenvalue weighted by Gasteiger charge is -2.30. The first-order valence-electron chi connectivity index (χ1n) is 8.60. The van der Waals surface area contributed by atoms with Crippen molar-refractivity contribution in [2.45, 2.75) is 40.0 Å². The number of nitrogens with one attached hydrogen (secondary N) is 1. The molecule has 1 saturated carbocycles. The highest BCUT2D eigenvalue weighted by Gasteiger charge is 2.27. The topological polar surface area (TPSA) is 93.8 Å². The van der Waals surface area contributed by atoms with Gasteiger partial charge in [-0.25, -0.2) is 5.43 Å². The van der Waals surface area contributed by atoms with Crippen LogP contribution in [0, 0.1) is 27.9 Å². The van der Waals surface area contributed by atoms with Gasteiger partial charge in [0.2, 0.25) is 0 Å². The summed E-state index contributed by atoms with van der Waals surface area (Å²) in [6.07, 6.45) is 3.14. The highest BCUT2D eigenvalue weighted by Crippen LogP contribution is 2.31. The van der Waals surface area contributed by atoms with E-state index in [0.29, 0.717) is 17.8 Å². The molecule has 0 saturated heterocycles. The third-order valence-electron chi connectivity index (χ3n) is 4.51. The SMILES string of the molecule is CC(C)[C@@H]1CC[C@H](C)C/C1=N/NC(=O)COc1ccccc1[N+](=O)[O-]. The van der Waals surface area contributed by atoms with Crippen LogP contribution in [0.4, 0.5) is 5.69 Å². The van der Waals surface area contributed by atoms with E-state index < -0.39 is 10.8 Å². The number of carbonyl (C=O) groups is 1. The number of benzene rings is 1. The van der Waals surface area contributed by atoms with E-state index in [0.717, 1.165) is 18.6 Å². The fourth-order valence-electron chi connectivity index (χ4n) is 3.13. The van der Waals surface area contributed by atoms with Crippen molar-refractivity contribution in [3.63, 3.8) is 0 Å². The fraction of sp³-hybridized carbons (Fsp3) is 0.556. The minimum atomic E-state index is -0.538. The zero-order chi connectivity index (χ0) is 18.4. The maximum Gasteiger partial charge on any atom is 0.310 e. The molecule has 0 heterocycles. The van der Waals surface area contributed by atoms with Gasteiger partial charge in [0.15, 0.2) is 12.4 Å². The molecule has 0 radical (unpaired) electrons. The van der Waals surface area contributed by atoms with Crippen LogP contribution in [0.5, 0.6) is 5.75 Å². The van der Waals surface area contributed by atoms with Crippen LogP contribution in [0.2, 0.25) is 0 Å². The Labute approximate surface area is 147 Å². The Balaban J connectivity index is 1.95. The summed E-state index contributed by atoms with van der Waals surface area (Å²) >= 11 is 0. The van der Waals surface area contributed by atoms with E-state index in [1.165, 1.54) is 18.6 Å². The summed E-state index contributed by atoms with van der Waals surface area (Å²) in [5.74, 6) is 1.07. The summed E-state index contributed by atoms with van der Waals surface area (Å²) in [6, 6.07) is 5.98. The number of hydrogen-bond donors (Lipinski definition) is 1. The summed E-state index contributed by atoms with van der Waals surface area (Å²) < 4.78 is 5.27. The van der Waals surface area contributed by atoms with Crippen LogP contribution >= 0.6 is 0 Å². The van der Waals surface area contributed by atoms with Gasteiger partial charge in [0.05, 0.1) is 4.92 Å². The van der Waals surface area contributed by atoms with Crippen molar-refractivity contribution in [3.8, 4) is 5.75 Å². The second-order valence-electron chi connectivity index (χ2n) is 6.89. The first-order valence-corrected chi connectivity index (χ1v) is 8.60. The molecule has 0 aromatic heterocycles. The standard InChI is InChI=1S/C18H25N3O4/c1-12(2)14-9-8-13(3)10-15(14)19-20-18(22)11-25-17-7-5-4-6-16(17)21(23)24/h4-7,12-14H,8-11H2,1-3H3,(H,20,22)/b19-15-/t13-,14-/m0/s1. The third kappa shape index (κ3) is 5.27. The largest absolute Gasteiger partial charge is 0.477 e. The Kier molecular flexibility index (Phi) is 6.50. The van der Waals surface area contributed by atoms with Crippen LogP contribution in [0.1, 0.15) is 40.0 Å². The molecule has 1 aromatic rings. The van der Waals surface area contributed by atoms with E-state index in [1.54, 1.807) is 12.1 Å². The molecule has 1 aromatic carbocycles. The molecule has 2 atom stereocenters. The van der Waals surface area contributed by atoms with Gasteiger partial charge in [0.1, 0.15) is 0 Å². The third-order valence-corrected chi connectivity index (χ3v) is 4.51. The second kappa shape index (κ2) is 8.60. The number of amides is 1. The number of para-hydroxylation sites is 2. The molecule has 0 bridgehead atoms. The van der Waals surface area contributed by atoms with Crippen LogP contribution in [0.25, 0.3) is 0 Å². The van der Waals surface area contributed by atoms with E-state index in [-0.39, 0.29) is 18.0 Å². The second-order valence-corrected chi connectivity index (χ2v) is 6.89. The molecule has 1 fully saturated rings. The summed E-state index contributed by atoms with van der Waals surface area (Å²) in [7, 11) is 0. The average molecular weight is 347 g/mol. The van der Waals surface area contributed by atoms with Crippen LogP contribution in [0.15, 0.2) is 29.4 Å². The molecule has 136 valence electrons. The lowest BCUT2D eigenvalue weighted by atomic mass is 9.76. The Hall–Kier alpha value is -2.44. The zero-order valence-corrected chi connectivity index (χ0v) is 14.9. The first-order chi connectivity index (χ1) is 11.9.